The summed E-state index contributed by atoms with van der Waals surface area (Å²) in [6, 6.07) is 0. The van der Waals surface area contributed by atoms with E-state index >= 15 is 0 Å². The molecule has 2 N–H and O–H groups in total. The first kappa shape index (κ1) is 13.9. The van der Waals surface area contributed by atoms with Gasteiger partial charge in [0.05, 0.1) is 25.3 Å². The normalized spacial score (nSPS) is 13.8. The molecule has 0 aromatic heterocycles. The summed E-state index contributed by atoms with van der Waals surface area (Å²) in [6.45, 7) is 1.73. The number of carbonyl (C=O) groups excluding carboxylic acids is 2. The van der Waals surface area contributed by atoms with Crippen molar-refractivity contribution in [1.29, 1.82) is 0 Å². The van der Waals surface area contributed by atoms with E-state index in [-0.39, 0.29) is 33.9 Å². The summed E-state index contributed by atoms with van der Waals surface area (Å²) >= 11 is 0. The van der Waals surface area contributed by atoms with Gasteiger partial charge in [0.25, 0.3) is 0 Å². The van der Waals surface area contributed by atoms with E-state index in [1.807, 2.05) is 0 Å². The van der Waals surface area contributed by atoms with Crippen molar-refractivity contribution in [3.05, 3.63) is 28.5 Å². The molecule has 0 saturated carbocycles. The fourth-order valence-corrected chi connectivity index (χ4v) is 2.29. The van der Waals surface area contributed by atoms with Crippen LogP contribution in [0.3, 0.4) is 0 Å². The molecule has 0 radical (unpaired) electrons. The molecule has 0 atom stereocenters. The minimum absolute atomic E-state index is 0.000771. The Balaban J connectivity index is 2.86. The highest BCUT2D eigenvalue weighted by Crippen LogP contribution is 2.45. The van der Waals surface area contributed by atoms with Gasteiger partial charge in [-0.05, 0) is 6.42 Å². The minimum Gasteiger partial charge on any atom is -0.507 e. The first-order valence-corrected chi connectivity index (χ1v) is 5.97. The van der Waals surface area contributed by atoms with Crippen molar-refractivity contribution < 1.29 is 29.3 Å². The van der Waals surface area contributed by atoms with Gasteiger partial charge >= 0.3 is 0 Å². The second-order valence-corrected chi connectivity index (χ2v) is 4.22. The first-order valence-electron chi connectivity index (χ1n) is 5.97. The van der Waals surface area contributed by atoms with E-state index in [9.17, 15) is 19.8 Å². The fourth-order valence-electron chi connectivity index (χ4n) is 2.29. The van der Waals surface area contributed by atoms with Gasteiger partial charge in [0, 0.05) is 11.6 Å². The number of fused-ring (bicyclic) bond motifs is 1. The first-order chi connectivity index (χ1) is 9.47. The van der Waals surface area contributed by atoms with Gasteiger partial charge in [0.1, 0.15) is 5.75 Å². The van der Waals surface area contributed by atoms with Crippen molar-refractivity contribution in [2.45, 2.75) is 13.3 Å². The zero-order valence-corrected chi connectivity index (χ0v) is 11.3. The summed E-state index contributed by atoms with van der Waals surface area (Å²) < 4.78 is 9.85. The van der Waals surface area contributed by atoms with Crippen molar-refractivity contribution in [2.24, 2.45) is 0 Å². The minimum atomic E-state index is -0.646. The molecule has 0 spiro atoms. The molecule has 0 aliphatic heterocycles. The number of carbonyl (C=O) groups is 2. The lowest BCUT2D eigenvalue weighted by Gasteiger charge is -2.21. The number of phenols is 2. The van der Waals surface area contributed by atoms with Crippen LogP contribution in [0.15, 0.2) is 11.8 Å². The van der Waals surface area contributed by atoms with Crippen molar-refractivity contribution in [1.82, 2.24) is 0 Å². The van der Waals surface area contributed by atoms with Crippen molar-refractivity contribution in [3.8, 4) is 17.2 Å². The highest BCUT2D eigenvalue weighted by Gasteiger charge is 2.35. The van der Waals surface area contributed by atoms with Gasteiger partial charge in [0.2, 0.25) is 5.78 Å². The van der Waals surface area contributed by atoms with Crippen molar-refractivity contribution >= 4 is 11.6 Å². The Morgan fingerprint density at radius 2 is 1.70 bits per heavy atom. The van der Waals surface area contributed by atoms with Gasteiger partial charge < -0.3 is 19.7 Å². The van der Waals surface area contributed by atoms with Crippen LogP contribution in [0.1, 0.15) is 33.2 Å². The maximum atomic E-state index is 12.2. The number of hydrogen-bond donors (Lipinski definition) is 2. The van der Waals surface area contributed by atoms with Crippen molar-refractivity contribution in [3.63, 3.8) is 0 Å². The molecular formula is C14H14O6. The molecule has 0 saturated heterocycles. The summed E-state index contributed by atoms with van der Waals surface area (Å²) in [5.74, 6) is -2.25. The molecule has 0 unspecified atom stereocenters. The van der Waals surface area contributed by atoms with Gasteiger partial charge in [-0.25, -0.2) is 0 Å². The quantitative estimate of drug-likeness (QED) is 0.815. The zero-order chi connectivity index (χ0) is 15.0. The van der Waals surface area contributed by atoms with Crippen LogP contribution in [0.4, 0.5) is 0 Å². The molecule has 20 heavy (non-hydrogen) atoms. The SMILES string of the molecule is CCc1c(O)c2c(c(O)c1OC)C(=O)C=C(OC)C2=O. The second-order valence-electron chi connectivity index (χ2n) is 4.22. The smallest absolute Gasteiger partial charge is 0.232 e. The average Bonchev–Trinajstić information content (AvgIpc) is 2.44. The molecule has 2 rings (SSSR count). The number of phenolic OH excluding ortho intramolecular Hbond substituents is 2. The molecule has 106 valence electrons. The number of Topliss-reactive ketones (excluding diaryl/α,β-unsaturated/α-hetero) is 1. The van der Waals surface area contributed by atoms with Crippen molar-refractivity contribution in [2.75, 3.05) is 14.2 Å². The van der Waals surface area contributed by atoms with Crippen LogP contribution < -0.4 is 4.74 Å². The van der Waals surface area contributed by atoms with Gasteiger partial charge in [-0.3, -0.25) is 9.59 Å². The van der Waals surface area contributed by atoms with E-state index in [0.29, 0.717) is 6.42 Å². The number of methoxy groups -OCH3 is 2. The van der Waals surface area contributed by atoms with Crippen LogP contribution in [0.2, 0.25) is 0 Å². The van der Waals surface area contributed by atoms with Crippen LogP contribution in [-0.4, -0.2) is 36.0 Å². The summed E-state index contributed by atoms with van der Waals surface area (Å²) in [5.41, 5.74) is -0.242. The number of allylic oxidation sites excluding steroid dienone is 2. The Hall–Kier alpha value is -2.50. The third-order valence-corrected chi connectivity index (χ3v) is 3.24. The maximum Gasteiger partial charge on any atom is 0.232 e. The number of ketones is 2. The van der Waals surface area contributed by atoms with E-state index in [1.165, 1.54) is 14.2 Å². The number of aromatic hydroxyl groups is 2. The van der Waals surface area contributed by atoms with E-state index in [2.05, 4.69) is 0 Å². The predicted octanol–water partition coefficient (Wildman–Crippen LogP) is 1.58. The highest BCUT2D eigenvalue weighted by molar-refractivity contribution is 6.26. The Morgan fingerprint density at radius 1 is 1.05 bits per heavy atom. The largest absolute Gasteiger partial charge is 0.507 e. The fraction of sp³-hybridized carbons (Fsp3) is 0.286. The maximum absolute atomic E-state index is 12.2. The van der Waals surface area contributed by atoms with Gasteiger partial charge in [0.15, 0.2) is 23.0 Å². The van der Waals surface area contributed by atoms with Crippen LogP contribution in [0.5, 0.6) is 17.2 Å². The van der Waals surface area contributed by atoms with Gasteiger partial charge in [-0.2, -0.15) is 0 Å². The van der Waals surface area contributed by atoms with Gasteiger partial charge in [-0.15, -0.1) is 0 Å². The molecule has 6 nitrogen and oxygen atoms in total. The van der Waals surface area contributed by atoms with Gasteiger partial charge in [-0.1, -0.05) is 6.92 Å². The third-order valence-electron chi connectivity index (χ3n) is 3.24. The Morgan fingerprint density at radius 3 is 2.20 bits per heavy atom. The van der Waals surface area contributed by atoms with E-state index < -0.39 is 17.3 Å². The molecule has 0 heterocycles. The molecule has 1 aliphatic carbocycles. The van der Waals surface area contributed by atoms with Crippen LogP contribution >= 0.6 is 0 Å². The van der Waals surface area contributed by atoms with Crippen LogP contribution in [0.25, 0.3) is 0 Å². The molecule has 0 amide bonds. The molecule has 1 aliphatic rings. The Bertz CT molecular complexity index is 642. The highest BCUT2D eigenvalue weighted by atomic mass is 16.5. The summed E-state index contributed by atoms with van der Waals surface area (Å²) in [5, 5.41) is 20.4. The molecular weight excluding hydrogens is 264 g/mol. The van der Waals surface area contributed by atoms with E-state index in [1.54, 1.807) is 6.92 Å². The number of hydrogen-bond acceptors (Lipinski definition) is 6. The monoisotopic (exact) mass is 278 g/mol. The topological polar surface area (TPSA) is 93.1 Å². The Kier molecular flexibility index (Phi) is 3.40. The molecule has 1 aromatic rings. The zero-order valence-electron chi connectivity index (χ0n) is 11.3. The molecule has 0 bridgehead atoms. The average molecular weight is 278 g/mol. The molecule has 1 aromatic carbocycles. The number of ether oxygens (including phenoxy) is 2. The Labute approximate surface area is 115 Å². The molecule has 0 fully saturated rings. The number of benzene rings is 1. The van der Waals surface area contributed by atoms with E-state index in [0.717, 1.165) is 6.08 Å². The van der Waals surface area contributed by atoms with Crippen LogP contribution in [-0.2, 0) is 11.2 Å². The lowest BCUT2D eigenvalue weighted by atomic mass is 9.88. The lowest BCUT2D eigenvalue weighted by molar-refractivity contribution is 0.0911. The number of rotatable bonds is 3. The summed E-state index contributed by atoms with van der Waals surface area (Å²) in [7, 11) is 2.56. The van der Waals surface area contributed by atoms with Crippen LogP contribution in [0, 0.1) is 0 Å². The summed E-state index contributed by atoms with van der Waals surface area (Å²) in [6.07, 6.45) is 1.30. The predicted molar refractivity (Wildman–Crippen MR) is 69.5 cm³/mol. The molecule has 6 heteroatoms. The standard InChI is InChI=1S/C14H14O6/c1-4-6-11(16)10-9(13(18)14(6)20-3)7(15)5-8(19-2)12(10)17/h5,16,18H,4H2,1-3H3. The lowest BCUT2D eigenvalue weighted by Crippen LogP contribution is -2.19. The summed E-state index contributed by atoms with van der Waals surface area (Å²) in [4.78, 5) is 24.2. The second kappa shape index (κ2) is 4.88. The van der Waals surface area contributed by atoms with E-state index in [4.69, 9.17) is 9.47 Å². The third kappa shape index (κ3) is 1.72.